The standard InChI is InChI=1S/C16H19N3O3S2/c1-3-19(4-2)24(21,22)14-8-5-13(6-9-14)7-10-15(20)18-16-17-11-12-23-16/h5-12H,3-4H2,1-2H3,(H,17,18,20). The van der Waals surface area contributed by atoms with E-state index in [9.17, 15) is 13.2 Å². The minimum atomic E-state index is -3.46. The van der Waals surface area contributed by atoms with Crippen LogP contribution in [0.15, 0.2) is 46.8 Å². The van der Waals surface area contributed by atoms with Gasteiger partial charge in [-0.25, -0.2) is 13.4 Å². The van der Waals surface area contributed by atoms with Gasteiger partial charge in [0, 0.05) is 30.7 Å². The normalized spacial score (nSPS) is 12.0. The van der Waals surface area contributed by atoms with E-state index >= 15 is 0 Å². The number of hydrogen-bond acceptors (Lipinski definition) is 5. The van der Waals surface area contributed by atoms with E-state index in [0.29, 0.717) is 18.2 Å². The molecule has 128 valence electrons. The Balaban J connectivity index is 2.06. The minimum Gasteiger partial charge on any atom is -0.298 e. The van der Waals surface area contributed by atoms with Crippen LogP contribution in [-0.2, 0) is 14.8 Å². The van der Waals surface area contributed by atoms with Crippen LogP contribution in [0, 0.1) is 0 Å². The maximum Gasteiger partial charge on any atom is 0.250 e. The maximum absolute atomic E-state index is 12.4. The van der Waals surface area contributed by atoms with Crippen LogP contribution in [0.4, 0.5) is 5.13 Å². The molecule has 1 N–H and O–H groups in total. The summed E-state index contributed by atoms with van der Waals surface area (Å²) in [4.78, 5) is 16.0. The van der Waals surface area contributed by atoms with Gasteiger partial charge in [-0.1, -0.05) is 26.0 Å². The van der Waals surface area contributed by atoms with Crippen molar-refractivity contribution in [1.82, 2.24) is 9.29 Å². The lowest BCUT2D eigenvalue weighted by Crippen LogP contribution is -2.30. The average molecular weight is 365 g/mol. The highest BCUT2D eigenvalue weighted by molar-refractivity contribution is 7.89. The van der Waals surface area contributed by atoms with E-state index in [-0.39, 0.29) is 10.8 Å². The lowest BCUT2D eigenvalue weighted by atomic mass is 10.2. The van der Waals surface area contributed by atoms with Crippen molar-refractivity contribution in [2.24, 2.45) is 0 Å². The van der Waals surface area contributed by atoms with Crippen LogP contribution >= 0.6 is 11.3 Å². The molecule has 0 spiro atoms. The molecular formula is C16H19N3O3S2. The molecule has 0 fully saturated rings. The maximum atomic E-state index is 12.4. The number of amides is 1. The van der Waals surface area contributed by atoms with Gasteiger partial charge in [-0.05, 0) is 23.8 Å². The summed E-state index contributed by atoms with van der Waals surface area (Å²) in [6, 6.07) is 6.44. The zero-order chi connectivity index (χ0) is 17.6. The van der Waals surface area contributed by atoms with E-state index in [2.05, 4.69) is 10.3 Å². The first-order valence-corrected chi connectivity index (χ1v) is 9.78. The quantitative estimate of drug-likeness (QED) is 0.765. The second-order valence-electron chi connectivity index (χ2n) is 4.82. The van der Waals surface area contributed by atoms with E-state index in [0.717, 1.165) is 5.56 Å². The van der Waals surface area contributed by atoms with E-state index in [1.165, 1.54) is 21.7 Å². The SMILES string of the molecule is CCN(CC)S(=O)(=O)c1ccc(C=CC(=O)Nc2nccs2)cc1. The lowest BCUT2D eigenvalue weighted by Gasteiger charge is -2.18. The van der Waals surface area contributed by atoms with Gasteiger partial charge in [0.1, 0.15) is 0 Å². The largest absolute Gasteiger partial charge is 0.298 e. The zero-order valence-corrected chi connectivity index (χ0v) is 15.1. The number of nitrogens with zero attached hydrogens (tertiary/aromatic N) is 2. The van der Waals surface area contributed by atoms with Gasteiger partial charge >= 0.3 is 0 Å². The Bertz CT molecular complexity index is 794. The van der Waals surface area contributed by atoms with Crippen molar-refractivity contribution in [2.75, 3.05) is 18.4 Å². The van der Waals surface area contributed by atoms with Crippen molar-refractivity contribution in [3.8, 4) is 0 Å². The predicted molar refractivity (Wildman–Crippen MR) is 96.3 cm³/mol. The molecule has 8 heteroatoms. The van der Waals surface area contributed by atoms with Gasteiger partial charge in [-0.3, -0.25) is 10.1 Å². The molecule has 1 aromatic heterocycles. The third-order valence-electron chi connectivity index (χ3n) is 3.31. The highest BCUT2D eigenvalue weighted by Gasteiger charge is 2.20. The molecule has 0 aliphatic heterocycles. The second-order valence-corrected chi connectivity index (χ2v) is 7.65. The number of rotatable bonds is 7. The molecule has 24 heavy (non-hydrogen) atoms. The van der Waals surface area contributed by atoms with Crippen LogP contribution in [0.2, 0.25) is 0 Å². The molecule has 1 heterocycles. The van der Waals surface area contributed by atoms with Gasteiger partial charge < -0.3 is 0 Å². The van der Waals surface area contributed by atoms with Crippen LogP contribution in [-0.4, -0.2) is 36.7 Å². The number of thiazole rings is 1. The summed E-state index contributed by atoms with van der Waals surface area (Å²) in [5.74, 6) is -0.287. The number of carbonyl (C=O) groups excluding carboxylic acids is 1. The molecule has 0 radical (unpaired) electrons. The molecule has 0 saturated carbocycles. The van der Waals surface area contributed by atoms with Crippen molar-refractivity contribution in [2.45, 2.75) is 18.7 Å². The van der Waals surface area contributed by atoms with Gasteiger partial charge in [-0.15, -0.1) is 11.3 Å². The highest BCUT2D eigenvalue weighted by Crippen LogP contribution is 2.17. The molecule has 6 nitrogen and oxygen atoms in total. The minimum absolute atomic E-state index is 0.246. The van der Waals surface area contributed by atoms with Gasteiger partial charge in [0.05, 0.1) is 4.90 Å². The topological polar surface area (TPSA) is 79.4 Å². The fourth-order valence-corrected chi connectivity index (χ4v) is 4.06. The van der Waals surface area contributed by atoms with E-state index in [4.69, 9.17) is 0 Å². The molecule has 0 unspecified atom stereocenters. The van der Waals surface area contributed by atoms with E-state index in [1.54, 1.807) is 55.8 Å². The Kier molecular flexibility index (Phi) is 6.24. The van der Waals surface area contributed by atoms with Gasteiger partial charge in [0.2, 0.25) is 15.9 Å². The fourth-order valence-electron chi connectivity index (χ4n) is 2.07. The average Bonchev–Trinajstić information content (AvgIpc) is 3.07. The van der Waals surface area contributed by atoms with Crippen LogP contribution in [0.3, 0.4) is 0 Å². The van der Waals surface area contributed by atoms with Gasteiger partial charge in [0.15, 0.2) is 5.13 Å². The fraction of sp³-hybridized carbons (Fsp3) is 0.250. The molecular weight excluding hydrogens is 346 g/mol. The first-order valence-electron chi connectivity index (χ1n) is 7.46. The smallest absolute Gasteiger partial charge is 0.250 e. The van der Waals surface area contributed by atoms with Crippen molar-refractivity contribution in [1.29, 1.82) is 0 Å². The summed E-state index contributed by atoms with van der Waals surface area (Å²) in [6.07, 6.45) is 4.62. The first kappa shape index (κ1) is 18.3. The summed E-state index contributed by atoms with van der Waals surface area (Å²) in [6.45, 7) is 4.47. The third-order valence-corrected chi connectivity index (χ3v) is 6.07. The number of benzene rings is 1. The van der Waals surface area contributed by atoms with Gasteiger partial charge in [0.25, 0.3) is 0 Å². The van der Waals surface area contributed by atoms with E-state index < -0.39 is 10.0 Å². The molecule has 0 aliphatic rings. The Morgan fingerprint density at radius 1 is 1.25 bits per heavy atom. The predicted octanol–water partition coefficient (Wildman–Crippen LogP) is 2.83. The Morgan fingerprint density at radius 2 is 1.92 bits per heavy atom. The summed E-state index contributed by atoms with van der Waals surface area (Å²) in [5, 5.41) is 4.94. The zero-order valence-electron chi connectivity index (χ0n) is 13.5. The number of carbonyl (C=O) groups is 1. The van der Waals surface area contributed by atoms with Crippen LogP contribution in [0.1, 0.15) is 19.4 Å². The molecule has 0 saturated heterocycles. The Morgan fingerprint density at radius 3 is 2.46 bits per heavy atom. The van der Waals surface area contributed by atoms with Crippen molar-refractivity contribution >= 4 is 38.5 Å². The Labute approximate surface area is 145 Å². The monoisotopic (exact) mass is 365 g/mol. The molecule has 2 aromatic rings. The van der Waals surface area contributed by atoms with Crippen LogP contribution < -0.4 is 5.32 Å². The second kappa shape index (κ2) is 8.18. The number of hydrogen-bond donors (Lipinski definition) is 1. The molecule has 0 bridgehead atoms. The molecule has 1 amide bonds. The lowest BCUT2D eigenvalue weighted by molar-refractivity contribution is -0.111. The Hall–Kier alpha value is -2.03. The van der Waals surface area contributed by atoms with Crippen molar-refractivity contribution < 1.29 is 13.2 Å². The molecule has 1 aromatic carbocycles. The number of aromatic nitrogens is 1. The number of nitrogens with one attached hydrogen (secondary N) is 1. The summed E-state index contributed by atoms with van der Waals surface area (Å²) in [7, 11) is -3.46. The van der Waals surface area contributed by atoms with Gasteiger partial charge in [-0.2, -0.15) is 4.31 Å². The van der Waals surface area contributed by atoms with Crippen molar-refractivity contribution in [3.63, 3.8) is 0 Å². The summed E-state index contributed by atoms with van der Waals surface area (Å²) in [5.41, 5.74) is 0.739. The molecule has 0 atom stereocenters. The number of sulfonamides is 1. The summed E-state index contributed by atoms with van der Waals surface area (Å²) < 4.78 is 26.2. The summed E-state index contributed by atoms with van der Waals surface area (Å²) >= 11 is 1.34. The molecule has 0 aliphatic carbocycles. The third kappa shape index (κ3) is 4.50. The van der Waals surface area contributed by atoms with Crippen molar-refractivity contribution in [3.05, 3.63) is 47.5 Å². The van der Waals surface area contributed by atoms with E-state index in [1.807, 2.05) is 0 Å². The first-order chi connectivity index (χ1) is 11.5. The highest BCUT2D eigenvalue weighted by atomic mass is 32.2. The van der Waals surface area contributed by atoms with Crippen LogP contribution in [0.25, 0.3) is 6.08 Å². The molecule has 2 rings (SSSR count). The number of anilines is 1. The van der Waals surface area contributed by atoms with Crippen LogP contribution in [0.5, 0.6) is 0 Å².